The maximum Gasteiger partial charge on any atom is 0.228 e. The summed E-state index contributed by atoms with van der Waals surface area (Å²) >= 11 is 6.99. The number of nitrogens with zero attached hydrogens (tertiary/aromatic N) is 1. The van der Waals surface area contributed by atoms with E-state index in [-0.39, 0.29) is 6.54 Å². The van der Waals surface area contributed by atoms with Crippen molar-refractivity contribution in [3.05, 3.63) is 21.3 Å². The molecule has 1 N–H and O–H groups in total. The van der Waals surface area contributed by atoms with Crippen LogP contribution in [0.1, 0.15) is 11.8 Å². The second-order valence-electron chi connectivity index (χ2n) is 2.84. The molecule has 1 aromatic rings. The molecule has 1 heterocycles. The molecule has 0 saturated carbocycles. The summed E-state index contributed by atoms with van der Waals surface area (Å²) in [5.74, 6) is 0. The molecule has 1 unspecified atom stereocenters. The highest BCUT2D eigenvalue weighted by molar-refractivity contribution is 7.90. The highest BCUT2D eigenvalue weighted by Gasteiger charge is 2.19. The summed E-state index contributed by atoms with van der Waals surface area (Å²) in [5.41, 5.74) is 0. The van der Waals surface area contributed by atoms with Crippen LogP contribution in [0.2, 0.25) is 4.34 Å². The van der Waals surface area contributed by atoms with Crippen LogP contribution in [0.25, 0.3) is 0 Å². The van der Waals surface area contributed by atoms with Crippen molar-refractivity contribution in [3.8, 4) is 6.07 Å². The van der Waals surface area contributed by atoms with E-state index in [0.717, 1.165) is 4.88 Å². The number of hydrogen-bond acceptors (Lipinski definition) is 4. The van der Waals surface area contributed by atoms with Crippen molar-refractivity contribution in [2.24, 2.45) is 0 Å². The first-order valence-corrected chi connectivity index (χ1v) is 6.82. The quantitative estimate of drug-likeness (QED) is 0.900. The van der Waals surface area contributed by atoms with Gasteiger partial charge in [-0.25, -0.2) is 13.1 Å². The molecule has 1 atom stereocenters. The third kappa shape index (κ3) is 3.47. The Bertz CT molecular complexity index is 475. The van der Waals surface area contributed by atoms with Crippen LogP contribution in [-0.2, 0) is 16.6 Å². The minimum Gasteiger partial charge on any atom is -0.211 e. The van der Waals surface area contributed by atoms with Crippen LogP contribution in [0.5, 0.6) is 0 Å². The number of rotatable bonds is 4. The van der Waals surface area contributed by atoms with Gasteiger partial charge < -0.3 is 0 Å². The Labute approximate surface area is 97.5 Å². The summed E-state index contributed by atoms with van der Waals surface area (Å²) < 4.78 is 25.7. The third-order valence-corrected chi connectivity index (χ3v) is 4.54. The average molecular weight is 265 g/mol. The molecule has 82 valence electrons. The fraction of sp³-hybridized carbons (Fsp3) is 0.375. The van der Waals surface area contributed by atoms with Crippen molar-refractivity contribution in [2.75, 3.05) is 0 Å². The summed E-state index contributed by atoms with van der Waals surface area (Å²) in [6.07, 6.45) is 0. The molecule has 1 rings (SSSR count). The zero-order valence-electron chi connectivity index (χ0n) is 7.90. The lowest BCUT2D eigenvalue weighted by Gasteiger charge is -2.05. The Kier molecular flexibility index (Phi) is 4.11. The predicted octanol–water partition coefficient (Wildman–Crippen LogP) is 1.73. The van der Waals surface area contributed by atoms with Crippen LogP contribution in [0.4, 0.5) is 0 Å². The Morgan fingerprint density at radius 3 is 2.80 bits per heavy atom. The van der Waals surface area contributed by atoms with Crippen LogP contribution in [-0.4, -0.2) is 13.7 Å². The van der Waals surface area contributed by atoms with Crippen molar-refractivity contribution in [3.63, 3.8) is 0 Å². The molecule has 0 bridgehead atoms. The smallest absolute Gasteiger partial charge is 0.211 e. The molecule has 0 aliphatic carbocycles. The maximum absolute atomic E-state index is 11.4. The second kappa shape index (κ2) is 4.94. The molecule has 0 radical (unpaired) electrons. The Morgan fingerprint density at radius 1 is 1.67 bits per heavy atom. The third-order valence-electron chi connectivity index (χ3n) is 1.72. The van der Waals surface area contributed by atoms with Gasteiger partial charge in [-0.15, -0.1) is 11.3 Å². The van der Waals surface area contributed by atoms with Gasteiger partial charge in [-0.05, 0) is 19.1 Å². The standard InChI is InChI=1S/C8H9ClN2O2S2/c1-6(4-10)15(12,13)11-5-7-2-3-8(9)14-7/h2-3,6,11H,5H2,1H3. The number of hydrogen-bond donors (Lipinski definition) is 1. The van der Waals surface area contributed by atoms with Gasteiger partial charge in [0.1, 0.15) is 0 Å². The van der Waals surface area contributed by atoms with E-state index in [9.17, 15) is 8.42 Å². The molecule has 4 nitrogen and oxygen atoms in total. The first-order valence-electron chi connectivity index (χ1n) is 4.08. The van der Waals surface area contributed by atoms with Gasteiger partial charge in [0.2, 0.25) is 10.0 Å². The number of nitriles is 1. The van der Waals surface area contributed by atoms with Crippen molar-refractivity contribution < 1.29 is 8.42 Å². The Morgan fingerprint density at radius 2 is 2.33 bits per heavy atom. The molecule has 0 amide bonds. The first kappa shape index (κ1) is 12.5. The molecular formula is C8H9ClN2O2S2. The lowest BCUT2D eigenvalue weighted by molar-refractivity contribution is 0.577. The summed E-state index contributed by atoms with van der Waals surface area (Å²) in [4.78, 5) is 0.814. The van der Waals surface area contributed by atoms with Crippen molar-refractivity contribution in [2.45, 2.75) is 18.7 Å². The number of halogens is 1. The Balaban J connectivity index is 2.62. The Hall–Kier alpha value is -0.610. The van der Waals surface area contributed by atoms with E-state index >= 15 is 0 Å². The molecule has 15 heavy (non-hydrogen) atoms. The zero-order valence-corrected chi connectivity index (χ0v) is 10.3. The van der Waals surface area contributed by atoms with Gasteiger partial charge in [0.25, 0.3) is 0 Å². The largest absolute Gasteiger partial charge is 0.228 e. The molecule has 0 saturated heterocycles. The van der Waals surface area contributed by atoms with Crippen LogP contribution in [0, 0.1) is 11.3 Å². The van der Waals surface area contributed by atoms with E-state index in [0.29, 0.717) is 4.34 Å². The molecule has 0 aliphatic rings. The van der Waals surface area contributed by atoms with Gasteiger partial charge >= 0.3 is 0 Å². The van der Waals surface area contributed by atoms with Gasteiger partial charge in [0.15, 0.2) is 5.25 Å². The van der Waals surface area contributed by atoms with Gasteiger partial charge in [-0.2, -0.15) is 5.26 Å². The van der Waals surface area contributed by atoms with E-state index in [2.05, 4.69) is 4.72 Å². The average Bonchev–Trinajstić information content (AvgIpc) is 2.60. The summed E-state index contributed by atoms with van der Waals surface area (Å²) in [5, 5.41) is 7.44. The minimum atomic E-state index is -3.55. The first-order chi connectivity index (χ1) is 6.95. The maximum atomic E-state index is 11.4. The van der Waals surface area contributed by atoms with Gasteiger partial charge in [0.05, 0.1) is 10.4 Å². The normalized spacial score (nSPS) is 13.4. The fourth-order valence-electron chi connectivity index (χ4n) is 0.813. The molecule has 7 heteroatoms. The molecule has 0 aromatic carbocycles. The van der Waals surface area contributed by atoms with E-state index in [1.54, 1.807) is 18.2 Å². The molecule has 1 aromatic heterocycles. The number of thiophene rings is 1. The highest BCUT2D eigenvalue weighted by Crippen LogP contribution is 2.21. The second-order valence-corrected chi connectivity index (χ2v) is 6.73. The number of sulfonamides is 1. The summed E-state index contributed by atoms with van der Waals surface area (Å²) in [6.45, 7) is 1.51. The SMILES string of the molecule is CC(C#N)S(=O)(=O)NCc1ccc(Cl)s1. The molecular weight excluding hydrogens is 256 g/mol. The van der Waals surface area contributed by atoms with E-state index < -0.39 is 15.3 Å². The lowest BCUT2D eigenvalue weighted by atomic mass is 10.5. The van der Waals surface area contributed by atoms with Crippen molar-refractivity contribution >= 4 is 33.0 Å². The van der Waals surface area contributed by atoms with E-state index in [1.165, 1.54) is 18.3 Å². The van der Waals surface area contributed by atoms with Crippen LogP contribution >= 0.6 is 22.9 Å². The lowest BCUT2D eigenvalue weighted by Crippen LogP contribution is -2.30. The fourth-order valence-corrected chi connectivity index (χ4v) is 2.68. The zero-order chi connectivity index (χ0) is 11.5. The van der Waals surface area contributed by atoms with Gasteiger partial charge in [-0.1, -0.05) is 11.6 Å². The van der Waals surface area contributed by atoms with Crippen LogP contribution in [0.15, 0.2) is 12.1 Å². The molecule has 0 spiro atoms. The van der Waals surface area contributed by atoms with Gasteiger partial charge in [0, 0.05) is 11.4 Å². The van der Waals surface area contributed by atoms with E-state index in [4.69, 9.17) is 16.9 Å². The van der Waals surface area contributed by atoms with Gasteiger partial charge in [-0.3, -0.25) is 0 Å². The molecule has 0 aliphatic heterocycles. The van der Waals surface area contributed by atoms with E-state index in [1.807, 2.05) is 0 Å². The number of nitrogens with one attached hydrogen (secondary N) is 1. The highest BCUT2D eigenvalue weighted by atomic mass is 35.5. The van der Waals surface area contributed by atoms with Crippen LogP contribution in [0.3, 0.4) is 0 Å². The van der Waals surface area contributed by atoms with Crippen molar-refractivity contribution in [1.82, 2.24) is 4.72 Å². The summed E-state index contributed by atoms with van der Waals surface area (Å²) in [6, 6.07) is 5.11. The molecule has 0 fully saturated rings. The topological polar surface area (TPSA) is 70.0 Å². The van der Waals surface area contributed by atoms with Crippen molar-refractivity contribution in [1.29, 1.82) is 5.26 Å². The van der Waals surface area contributed by atoms with Crippen LogP contribution < -0.4 is 4.72 Å². The predicted molar refractivity (Wildman–Crippen MR) is 60.2 cm³/mol. The monoisotopic (exact) mass is 264 g/mol. The summed E-state index contributed by atoms with van der Waals surface area (Å²) in [7, 11) is -3.55. The minimum absolute atomic E-state index is 0.172.